The van der Waals surface area contributed by atoms with Crippen LogP contribution in [-0.2, 0) is 4.79 Å². The van der Waals surface area contributed by atoms with Gasteiger partial charge in [-0.3, -0.25) is 4.79 Å². The molecule has 96 valence electrons. The summed E-state index contributed by atoms with van der Waals surface area (Å²) in [5.74, 6) is 0.235. The minimum Gasteiger partial charge on any atom is -0.396 e. The molecule has 0 aliphatic rings. The summed E-state index contributed by atoms with van der Waals surface area (Å²) in [4.78, 5) is 11.7. The highest BCUT2D eigenvalue weighted by Gasteiger charge is 2.22. The average molecular weight is 247 g/mol. The Morgan fingerprint density at radius 3 is 2.44 bits per heavy atom. The fourth-order valence-electron chi connectivity index (χ4n) is 1.38. The molecule has 1 amide bonds. The van der Waals surface area contributed by atoms with Gasteiger partial charge in [-0.1, -0.05) is 27.7 Å². The quantitative estimate of drug-likeness (QED) is 0.601. The summed E-state index contributed by atoms with van der Waals surface area (Å²) in [6, 6.07) is 0. The van der Waals surface area contributed by atoms with Crippen LogP contribution < -0.4 is 5.32 Å². The summed E-state index contributed by atoms with van der Waals surface area (Å²) in [5, 5.41) is 11.4. The number of hydrogen-bond acceptors (Lipinski definition) is 3. The van der Waals surface area contributed by atoms with Gasteiger partial charge in [0.25, 0.3) is 0 Å². The summed E-state index contributed by atoms with van der Waals surface area (Å²) < 4.78 is 0. The molecule has 0 saturated heterocycles. The molecule has 1 unspecified atom stereocenters. The summed E-state index contributed by atoms with van der Waals surface area (Å²) in [5.41, 5.74) is 0.0306. The van der Waals surface area contributed by atoms with E-state index >= 15 is 0 Å². The zero-order chi connectivity index (χ0) is 12.8. The van der Waals surface area contributed by atoms with Crippen molar-refractivity contribution in [3.63, 3.8) is 0 Å². The van der Waals surface area contributed by atoms with E-state index in [1.165, 1.54) is 0 Å². The minimum atomic E-state index is -0.242. The van der Waals surface area contributed by atoms with Crippen molar-refractivity contribution >= 4 is 18.5 Å². The number of carbonyl (C=O) groups excluding carboxylic acids is 1. The Morgan fingerprint density at radius 1 is 1.44 bits per heavy atom. The van der Waals surface area contributed by atoms with Crippen LogP contribution in [0.25, 0.3) is 0 Å². The summed E-state index contributed by atoms with van der Waals surface area (Å²) in [7, 11) is 0. The molecule has 0 spiro atoms. The van der Waals surface area contributed by atoms with Gasteiger partial charge in [-0.15, -0.1) is 0 Å². The average Bonchev–Trinajstić information content (AvgIpc) is 2.22. The van der Waals surface area contributed by atoms with Crippen molar-refractivity contribution in [2.75, 3.05) is 13.2 Å². The number of aliphatic hydroxyl groups is 1. The second kappa shape index (κ2) is 7.17. The monoisotopic (exact) mass is 247 g/mol. The highest BCUT2D eigenvalue weighted by atomic mass is 32.1. The van der Waals surface area contributed by atoms with Gasteiger partial charge in [0, 0.05) is 13.2 Å². The number of amides is 1. The van der Waals surface area contributed by atoms with Crippen molar-refractivity contribution in [1.82, 2.24) is 5.32 Å². The van der Waals surface area contributed by atoms with Gasteiger partial charge in [-0.25, -0.2) is 0 Å². The van der Waals surface area contributed by atoms with Gasteiger partial charge in [0.05, 0.1) is 5.25 Å². The molecule has 0 fully saturated rings. The molecule has 0 saturated carbocycles. The Balaban J connectivity index is 3.99. The Labute approximate surface area is 104 Å². The summed E-state index contributed by atoms with van der Waals surface area (Å²) in [6.07, 6.45) is 1.68. The molecule has 4 heteroatoms. The number of thiol groups is 1. The lowest BCUT2D eigenvalue weighted by Crippen LogP contribution is -2.40. The van der Waals surface area contributed by atoms with Gasteiger partial charge >= 0.3 is 0 Å². The number of aliphatic hydroxyl groups excluding tert-OH is 1. The van der Waals surface area contributed by atoms with Crippen LogP contribution in [0.2, 0.25) is 0 Å². The zero-order valence-corrected chi connectivity index (χ0v) is 11.7. The fraction of sp³-hybridized carbons (Fsp3) is 0.917. The molecule has 0 rings (SSSR count). The third-order valence-corrected chi connectivity index (χ3v) is 3.48. The molecule has 1 atom stereocenters. The number of rotatable bonds is 7. The maximum Gasteiger partial charge on any atom is 0.233 e. The predicted octanol–water partition coefficient (Wildman–Crippen LogP) is 1.86. The van der Waals surface area contributed by atoms with Crippen molar-refractivity contribution in [1.29, 1.82) is 0 Å². The second-order valence-corrected chi connectivity index (χ2v) is 5.95. The molecule has 0 aromatic rings. The SMILES string of the molecule is CC(C)C(S)C(=O)NCC(C)(C)CCCO. The van der Waals surface area contributed by atoms with Crippen molar-refractivity contribution in [3.05, 3.63) is 0 Å². The topological polar surface area (TPSA) is 49.3 Å². The van der Waals surface area contributed by atoms with Crippen molar-refractivity contribution in [2.24, 2.45) is 11.3 Å². The molecule has 3 nitrogen and oxygen atoms in total. The lowest BCUT2D eigenvalue weighted by molar-refractivity contribution is -0.121. The van der Waals surface area contributed by atoms with Crippen LogP contribution in [-0.4, -0.2) is 29.4 Å². The second-order valence-electron chi connectivity index (χ2n) is 5.40. The molecule has 0 aliphatic carbocycles. The van der Waals surface area contributed by atoms with Crippen LogP contribution in [0.1, 0.15) is 40.5 Å². The van der Waals surface area contributed by atoms with Gasteiger partial charge in [0.2, 0.25) is 5.91 Å². The van der Waals surface area contributed by atoms with Crippen LogP contribution in [0.3, 0.4) is 0 Å². The van der Waals surface area contributed by atoms with E-state index < -0.39 is 0 Å². The van der Waals surface area contributed by atoms with Crippen LogP contribution in [0, 0.1) is 11.3 Å². The lowest BCUT2D eigenvalue weighted by Gasteiger charge is -2.26. The Bertz CT molecular complexity index is 217. The normalized spacial score (nSPS) is 13.9. The minimum absolute atomic E-state index is 0.00425. The molecule has 2 N–H and O–H groups in total. The van der Waals surface area contributed by atoms with E-state index in [0.29, 0.717) is 6.54 Å². The Morgan fingerprint density at radius 2 is 2.00 bits per heavy atom. The van der Waals surface area contributed by atoms with Gasteiger partial charge in [0.15, 0.2) is 0 Å². The molecular weight excluding hydrogens is 222 g/mol. The molecule has 0 bridgehead atoms. The van der Waals surface area contributed by atoms with Crippen molar-refractivity contribution in [3.8, 4) is 0 Å². The van der Waals surface area contributed by atoms with E-state index in [0.717, 1.165) is 12.8 Å². The lowest BCUT2D eigenvalue weighted by atomic mass is 9.88. The van der Waals surface area contributed by atoms with Crippen LogP contribution in [0.5, 0.6) is 0 Å². The maximum atomic E-state index is 11.7. The summed E-state index contributed by atoms with van der Waals surface area (Å²) in [6.45, 7) is 8.98. The standard InChI is InChI=1S/C12H25NO2S/c1-9(2)10(16)11(15)13-8-12(3,4)6-5-7-14/h9-10,14,16H,5-8H2,1-4H3,(H,13,15). The third kappa shape index (κ3) is 6.38. The predicted molar refractivity (Wildman–Crippen MR) is 70.7 cm³/mol. The van der Waals surface area contributed by atoms with Crippen molar-refractivity contribution in [2.45, 2.75) is 45.8 Å². The molecule has 0 aromatic carbocycles. The van der Waals surface area contributed by atoms with Crippen molar-refractivity contribution < 1.29 is 9.90 Å². The molecule has 0 aliphatic heterocycles. The van der Waals surface area contributed by atoms with E-state index in [1.807, 2.05) is 13.8 Å². The number of hydrogen-bond donors (Lipinski definition) is 3. The fourth-order valence-corrected chi connectivity index (χ4v) is 1.47. The third-order valence-electron chi connectivity index (χ3n) is 2.65. The highest BCUT2D eigenvalue weighted by Crippen LogP contribution is 2.21. The van der Waals surface area contributed by atoms with E-state index in [9.17, 15) is 4.79 Å². The van der Waals surface area contributed by atoms with Crippen LogP contribution in [0.4, 0.5) is 0 Å². The zero-order valence-electron chi connectivity index (χ0n) is 10.8. The smallest absolute Gasteiger partial charge is 0.233 e. The first kappa shape index (κ1) is 15.8. The summed E-state index contributed by atoms with van der Waals surface area (Å²) >= 11 is 4.27. The maximum absolute atomic E-state index is 11.7. The number of carbonyl (C=O) groups is 1. The van der Waals surface area contributed by atoms with Gasteiger partial charge in [-0.2, -0.15) is 12.6 Å². The largest absolute Gasteiger partial charge is 0.396 e. The molecule has 0 aromatic heterocycles. The molecule has 0 radical (unpaired) electrons. The van der Waals surface area contributed by atoms with E-state index in [4.69, 9.17) is 5.11 Å². The molecular formula is C12H25NO2S. The molecule has 0 heterocycles. The first-order chi connectivity index (χ1) is 7.30. The van der Waals surface area contributed by atoms with Gasteiger partial charge < -0.3 is 10.4 Å². The van der Waals surface area contributed by atoms with Gasteiger partial charge in [-0.05, 0) is 24.2 Å². The first-order valence-corrected chi connectivity index (χ1v) is 6.38. The molecule has 16 heavy (non-hydrogen) atoms. The van der Waals surface area contributed by atoms with Crippen LogP contribution >= 0.6 is 12.6 Å². The number of nitrogens with one attached hydrogen (secondary N) is 1. The first-order valence-electron chi connectivity index (χ1n) is 5.87. The van der Waals surface area contributed by atoms with E-state index in [2.05, 4.69) is 31.8 Å². The van der Waals surface area contributed by atoms with E-state index in [1.54, 1.807) is 0 Å². The van der Waals surface area contributed by atoms with E-state index in [-0.39, 0.29) is 29.1 Å². The Hall–Kier alpha value is -0.220. The van der Waals surface area contributed by atoms with Gasteiger partial charge in [0.1, 0.15) is 0 Å². The Kier molecular flexibility index (Phi) is 7.07. The van der Waals surface area contributed by atoms with Crippen LogP contribution in [0.15, 0.2) is 0 Å². The highest BCUT2D eigenvalue weighted by molar-refractivity contribution is 7.81.